The molecule has 2 amide bonds. The molecule has 0 aliphatic carbocycles. The van der Waals surface area contributed by atoms with Crippen molar-refractivity contribution in [3.8, 4) is 5.75 Å². The summed E-state index contributed by atoms with van der Waals surface area (Å²) in [4.78, 5) is 23.8. The van der Waals surface area contributed by atoms with Gasteiger partial charge < -0.3 is 14.9 Å². The van der Waals surface area contributed by atoms with Crippen molar-refractivity contribution >= 4 is 22.8 Å². The van der Waals surface area contributed by atoms with E-state index in [0.717, 1.165) is 0 Å². The summed E-state index contributed by atoms with van der Waals surface area (Å²) in [5.41, 5.74) is 8.51. The van der Waals surface area contributed by atoms with Crippen molar-refractivity contribution in [2.45, 2.75) is 0 Å². The minimum Gasteiger partial charge on any atom is -0.493 e. The molecule has 25 heavy (non-hydrogen) atoms. The van der Waals surface area contributed by atoms with Crippen molar-refractivity contribution in [2.75, 3.05) is 7.11 Å². The maximum Gasteiger partial charge on any atom is 0.271 e. The van der Waals surface area contributed by atoms with Gasteiger partial charge in [0.1, 0.15) is 5.56 Å². The van der Waals surface area contributed by atoms with Crippen molar-refractivity contribution < 1.29 is 18.7 Å². The molecule has 7 heteroatoms. The molecule has 126 valence electrons. The number of para-hydroxylation sites is 1. The molecule has 0 aliphatic heterocycles. The molecule has 3 N–H and O–H groups in total. The van der Waals surface area contributed by atoms with Crippen LogP contribution in [-0.2, 0) is 0 Å². The molecule has 0 atom stereocenters. The van der Waals surface area contributed by atoms with Gasteiger partial charge >= 0.3 is 0 Å². The Bertz CT molecular complexity index is 1010. The van der Waals surface area contributed by atoms with Crippen LogP contribution in [0.1, 0.15) is 20.7 Å². The van der Waals surface area contributed by atoms with Crippen molar-refractivity contribution in [2.24, 2.45) is 10.8 Å². The first-order valence-electron chi connectivity index (χ1n) is 7.40. The zero-order valence-corrected chi connectivity index (χ0v) is 13.4. The van der Waals surface area contributed by atoms with E-state index in [1.54, 1.807) is 48.5 Å². The highest BCUT2D eigenvalue weighted by Crippen LogP contribution is 2.24. The summed E-state index contributed by atoms with van der Waals surface area (Å²) < 4.78 is 10.9. The Balaban J connectivity index is 2.08. The third-order valence-corrected chi connectivity index (χ3v) is 3.52. The minimum absolute atomic E-state index is 0.0501. The van der Waals surface area contributed by atoms with Gasteiger partial charge in [-0.25, -0.2) is 5.43 Å². The van der Waals surface area contributed by atoms with Gasteiger partial charge in [0.2, 0.25) is 5.55 Å². The third kappa shape index (κ3) is 3.35. The fraction of sp³-hybridized carbons (Fsp3) is 0.0556. The summed E-state index contributed by atoms with van der Waals surface area (Å²) in [6, 6.07) is 15.3. The second-order valence-corrected chi connectivity index (χ2v) is 5.13. The van der Waals surface area contributed by atoms with Gasteiger partial charge in [0.05, 0.1) is 7.11 Å². The molecular formula is C18H15N3O4. The largest absolute Gasteiger partial charge is 0.493 e. The molecule has 0 aliphatic rings. The quantitative estimate of drug-likeness (QED) is 0.708. The summed E-state index contributed by atoms with van der Waals surface area (Å²) >= 11 is 0. The molecule has 0 fully saturated rings. The van der Waals surface area contributed by atoms with Gasteiger partial charge in [-0.1, -0.05) is 30.3 Å². The van der Waals surface area contributed by atoms with Crippen LogP contribution in [0.2, 0.25) is 0 Å². The first-order chi connectivity index (χ1) is 12.1. The maximum absolute atomic E-state index is 12.1. The highest BCUT2D eigenvalue weighted by Gasteiger charge is 2.12. The van der Waals surface area contributed by atoms with Gasteiger partial charge in [0.15, 0.2) is 11.3 Å². The van der Waals surface area contributed by atoms with Crippen molar-refractivity contribution in [1.29, 1.82) is 0 Å². The van der Waals surface area contributed by atoms with Crippen LogP contribution in [0.4, 0.5) is 0 Å². The predicted molar refractivity (Wildman–Crippen MR) is 90.8 cm³/mol. The third-order valence-electron chi connectivity index (χ3n) is 3.52. The molecule has 7 nitrogen and oxygen atoms in total. The van der Waals surface area contributed by atoms with Crippen LogP contribution in [0.3, 0.4) is 0 Å². The lowest BCUT2D eigenvalue weighted by Crippen LogP contribution is -2.27. The lowest BCUT2D eigenvalue weighted by molar-refractivity contribution is 0.0946. The average Bonchev–Trinajstić information content (AvgIpc) is 2.65. The van der Waals surface area contributed by atoms with E-state index in [2.05, 4.69) is 10.5 Å². The van der Waals surface area contributed by atoms with Crippen LogP contribution in [0, 0.1) is 0 Å². The number of carbonyl (C=O) groups is 2. The summed E-state index contributed by atoms with van der Waals surface area (Å²) in [6.45, 7) is 0. The molecule has 0 radical (unpaired) electrons. The number of primary amides is 1. The Labute approximate surface area is 142 Å². The Hall–Kier alpha value is -3.61. The van der Waals surface area contributed by atoms with E-state index >= 15 is 0 Å². The Morgan fingerprint density at radius 3 is 2.56 bits per heavy atom. The van der Waals surface area contributed by atoms with Crippen LogP contribution in [-0.4, -0.2) is 18.9 Å². The molecule has 0 saturated heterocycles. The number of hydrogen-bond donors (Lipinski definition) is 2. The molecular weight excluding hydrogens is 322 g/mol. The molecule has 0 spiro atoms. The van der Waals surface area contributed by atoms with Gasteiger partial charge in [0, 0.05) is 10.9 Å². The van der Waals surface area contributed by atoms with Gasteiger partial charge in [0.25, 0.3) is 11.8 Å². The van der Waals surface area contributed by atoms with Crippen molar-refractivity contribution in [1.82, 2.24) is 5.43 Å². The number of methoxy groups -OCH3 is 1. The topological polar surface area (TPSA) is 107 Å². The van der Waals surface area contributed by atoms with Crippen LogP contribution >= 0.6 is 0 Å². The Kier molecular flexibility index (Phi) is 4.47. The van der Waals surface area contributed by atoms with E-state index in [1.807, 2.05) is 0 Å². The van der Waals surface area contributed by atoms with E-state index in [1.165, 1.54) is 13.2 Å². The van der Waals surface area contributed by atoms with Gasteiger partial charge in [-0.05, 0) is 24.3 Å². The average molecular weight is 337 g/mol. The molecule has 0 bridgehead atoms. The summed E-state index contributed by atoms with van der Waals surface area (Å²) in [5.74, 6) is -0.688. The predicted octanol–water partition coefficient (Wildman–Crippen LogP) is 1.79. The van der Waals surface area contributed by atoms with Gasteiger partial charge in [-0.2, -0.15) is 0 Å². The smallest absolute Gasteiger partial charge is 0.271 e. The van der Waals surface area contributed by atoms with Crippen molar-refractivity contribution in [3.63, 3.8) is 0 Å². The lowest BCUT2D eigenvalue weighted by Gasteiger charge is -2.06. The maximum atomic E-state index is 12.1. The number of nitrogens with two attached hydrogens (primary N) is 1. The molecule has 0 unspecified atom stereocenters. The number of nitrogens with zero attached hydrogens (tertiary/aromatic N) is 1. The number of rotatable bonds is 4. The molecule has 1 aromatic heterocycles. The number of carbonyl (C=O) groups excluding carboxylic acids is 2. The zero-order chi connectivity index (χ0) is 17.8. The van der Waals surface area contributed by atoms with Crippen LogP contribution in [0.15, 0.2) is 64.1 Å². The minimum atomic E-state index is -0.721. The number of ether oxygens (including phenoxy) is 1. The standard InChI is InChI=1S/C18H15N3O4/c1-24-14-9-5-8-12-10-13(16(19)22)18(25-15(12)14)21-20-17(23)11-6-3-2-4-7-11/h2-10H,1H3,(H2,19,22)(H,20,23)/b21-18-. The number of hydrogen-bond acceptors (Lipinski definition) is 5. The highest BCUT2D eigenvalue weighted by molar-refractivity contribution is 5.96. The first kappa shape index (κ1) is 16.3. The van der Waals surface area contributed by atoms with E-state index in [-0.39, 0.29) is 11.1 Å². The molecule has 2 aromatic carbocycles. The monoisotopic (exact) mass is 337 g/mol. The number of fused-ring (bicyclic) bond motifs is 1. The summed E-state index contributed by atoms with van der Waals surface area (Å²) in [7, 11) is 1.50. The van der Waals surface area contributed by atoms with E-state index in [0.29, 0.717) is 22.3 Å². The second-order valence-electron chi connectivity index (χ2n) is 5.13. The van der Waals surface area contributed by atoms with Gasteiger partial charge in [-0.15, -0.1) is 5.10 Å². The van der Waals surface area contributed by atoms with E-state index < -0.39 is 11.8 Å². The summed E-state index contributed by atoms with van der Waals surface area (Å²) in [6.07, 6.45) is 0. The summed E-state index contributed by atoms with van der Waals surface area (Å²) in [5, 5.41) is 4.53. The number of nitrogens with one attached hydrogen (secondary N) is 1. The second kappa shape index (κ2) is 6.88. The zero-order valence-electron chi connectivity index (χ0n) is 13.4. The Morgan fingerprint density at radius 2 is 1.88 bits per heavy atom. The fourth-order valence-corrected chi connectivity index (χ4v) is 2.30. The van der Waals surface area contributed by atoms with Crippen LogP contribution in [0.5, 0.6) is 5.75 Å². The molecule has 3 aromatic rings. The molecule has 3 rings (SSSR count). The van der Waals surface area contributed by atoms with Crippen LogP contribution < -0.4 is 21.5 Å². The van der Waals surface area contributed by atoms with Crippen molar-refractivity contribution in [3.05, 3.63) is 71.3 Å². The van der Waals surface area contributed by atoms with Gasteiger partial charge in [-0.3, -0.25) is 9.59 Å². The number of benzene rings is 2. The normalized spacial score (nSPS) is 11.3. The molecule has 1 heterocycles. The number of amides is 2. The van der Waals surface area contributed by atoms with Crippen LogP contribution in [0.25, 0.3) is 11.0 Å². The molecule has 0 saturated carbocycles. The van der Waals surface area contributed by atoms with E-state index in [4.69, 9.17) is 14.9 Å². The Morgan fingerprint density at radius 1 is 1.12 bits per heavy atom. The fourth-order valence-electron chi connectivity index (χ4n) is 2.30. The van der Waals surface area contributed by atoms with E-state index in [9.17, 15) is 9.59 Å². The SMILES string of the molecule is COc1cccc2cc(C(N)=O)/c(=N/NC(=O)c3ccccc3)oc12. The first-order valence-corrected chi connectivity index (χ1v) is 7.40. The lowest BCUT2D eigenvalue weighted by atomic mass is 10.1. The highest BCUT2D eigenvalue weighted by atomic mass is 16.5.